The fraction of sp³-hybridized carbons (Fsp3) is 0.389. The minimum Gasteiger partial charge on any atom is -0.369 e. The number of anilines is 2. The highest BCUT2D eigenvalue weighted by atomic mass is 35.5. The third kappa shape index (κ3) is 5.64. The molecule has 4 heterocycles. The quantitative estimate of drug-likeness (QED) is 0.275. The Bertz CT molecular complexity index is 2100. The molecule has 2 saturated carbocycles. The number of carbonyl (C=O) groups excluding carboxylic acids is 5. The Morgan fingerprint density at radius 2 is 1.75 bits per heavy atom. The van der Waals surface area contributed by atoms with Gasteiger partial charge in [0.1, 0.15) is 11.6 Å². The number of nitrogens with one attached hydrogen (secondary N) is 2. The highest BCUT2D eigenvalue weighted by Crippen LogP contribution is 2.48. The first-order chi connectivity index (χ1) is 24.3. The number of alkyl halides is 3. The molecule has 5 aliphatic rings. The molecule has 11 nitrogen and oxygen atoms in total. The molecule has 2 saturated heterocycles. The number of hydrogen-bond donors (Lipinski definition) is 2. The van der Waals surface area contributed by atoms with Crippen molar-refractivity contribution in [1.82, 2.24) is 20.0 Å². The van der Waals surface area contributed by atoms with E-state index in [2.05, 4.69) is 27.6 Å². The predicted octanol–water partition coefficient (Wildman–Crippen LogP) is 4.84. The molecule has 51 heavy (non-hydrogen) atoms. The van der Waals surface area contributed by atoms with E-state index in [1.54, 1.807) is 29.1 Å². The van der Waals surface area contributed by atoms with Crippen LogP contribution in [0.2, 0.25) is 5.02 Å². The topological polar surface area (TPSA) is 134 Å². The van der Waals surface area contributed by atoms with Crippen LogP contribution in [0.1, 0.15) is 88.4 Å². The van der Waals surface area contributed by atoms with E-state index in [1.807, 2.05) is 4.90 Å². The second kappa shape index (κ2) is 12.0. The number of carbonyl (C=O) groups is 5. The molecule has 8 rings (SSSR count). The van der Waals surface area contributed by atoms with Crippen molar-refractivity contribution in [3.63, 3.8) is 0 Å². The van der Waals surface area contributed by atoms with E-state index in [0.29, 0.717) is 25.9 Å². The summed E-state index contributed by atoms with van der Waals surface area (Å²) in [5.41, 5.74) is 0.992. The number of rotatable bonds is 6. The van der Waals surface area contributed by atoms with Gasteiger partial charge in [0.15, 0.2) is 0 Å². The SMILES string of the molecule is O=C1CCC(N2C(=O)c3ccc(N4CC(C#Cc5cnn(C6(C(=O)Nc7ccc(C(F)(F)F)cc7Cl)CCC6)c5C5CC5)C4)cc3C2=O)C(=O)N1. The third-order valence-electron chi connectivity index (χ3n) is 10.4. The molecule has 2 N–H and O–H groups in total. The summed E-state index contributed by atoms with van der Waals surface area (Å²) in [5.74, 6) is 4.22. The molecular formula is C36H30ClF3N6O5. The van der Waals surface area contributed by atoms with Crippen LogP contribution in [0.15, 0.2) is 42.6 Å². The zero-order valence-electron chi connectivity index (χ0n) is 27.0. The van der Waals surface area contributed by atoms with Gasteiger partial charge in [0.25, 0.3) is 17.7 Å². The largest absolute Gasteiger partial charge is 0.416 e. The van der Waals surface area contributed by atoms with Crippen LogP contribution in [0.3, 0.4) is 0 Å². The summed E-state index contributed by atoms with van der Waals surface area (Å²) in [7, 11) is 0. The third-order valence-corrected chi connectivity index (χ3v) is 10.7. The number of imide groups is 2. The molecular weight excluding hydrogens is 689 g/mol. The average Bonchev–Trinajstić information content (AvgIpc) is 3.75. The van der Waals surface area contributed by atoms with Gasteiger partial charge in [0, 0.05) is 31.1 Å². The maximum atomic E-state index is 13.7. The number of aromatic nitrogens is 2. The van der Waals surface area contributed by atoms with Crippen LogP contribution in [0.4, 0.5) is 24.5 Å². The van der Waals surface area contributed by atoms with Gasteiger partial charge in [0.2, 0.25) is 11.8 Å². The highest BCUT2D eigenvalue weighted by molar-refractivity contribution is 6.33. The summed E-state index contributed by atoms with van der Waals surface area (Å²) in [6.07, 6.45) is 0.931. The minimum absolute atomic E-state index is 0.00809. The predicted molar refractivity (Wildman–Crippen MR) is 177 cm³/mol. The lowest BCUT2D eigenvalue weighted by atomic mass is 9.75. The zero-order valence-corrected chi connectivity index (χ0v) is 27.7. The van der Waals surface area contributed by atoms with E-state index < -0.39 is 46.9 Å². The molecule has 2 aromatic carbocycles. The number of halogens is 4. The molecule has 1 atom stereocenters. The van der Waals surface area contributed by atoms with E-state index in [1.165, 1.54) is 0 Å². The van der Waals surface area contributed by atoms with Crippen LogP contribution in [-0.2, 0) is 26.1 Å². The lowest BCUT2D eigenvalue weighted by Gasteiger charge is -2.41. The maximum absolute atomic E-state index is 13.7. The smallest absolute Gasteiger partial charge is 0.369 e. The summed E-state index contributed by atoms with van der Waals surface area (Å²) in [4.78, 5) is 66.9. The molecule has 3 aliphatic heterocycles. The van der Waals surface area contributed by atoms with Gasteiger partial charge in [-0.1, -0.05) is 23.4 Å². The second-order valence-corrected chi connectivity index (χ2v) is 14.1. The van der Waals surface area contributed by atoms with E-state index in [-0.39, 0.29) is 52.4 Å². The van der Waals surface area contributed by atoms with Gasteiger partial charge in [-0.15, -0.1) is 0 Å². The Hall–Kier alpha value is -5.16. The van der Waals surface area contributed by atoms with Crippen LogP contribution in [0, 0.1) is 17.8 Å². The van der Waals surface area contributed by atoms with Gasteiger partial charge < -0.3 is 10.2 Å². The summed E-state index contributed by atoms with van der Waals surface area (Å²) in [6, 6.07) is 6.82. The van der Waals surface area contributed by atoms with E-state index in [4.69, 9.17) is 11.6 Å². The number of piperidine rings is 1. The fourth-order valence-corrected chi connectivity index (χ4v) is 7.47. The van der Waals surface area contributed by atoms with E-state index in [9.17, 15) is 37.1 Å². The first-order valence-corrected chi connectivity index (χ1v) is 17.1. The van der Waals surface area contributed by atoms with Gasteiger partial charge in [-0.3, -0.25) is 38.9 Å². The molecule has 0 bridgehead atoms. The van der Waals surface area contributed by atoms with Crippen LogP contribution < -0.4 is 15.5 Å². The standard InChI is InChI=1S/C36H30ClF3N6O5/c37-26-14-22(36(38,39)40)6-9-27(26)42-34(51)35(12-1-13-35)46-30(20-4-5-20)21(16-41-46)3-2-19-17-44(18-19)23-7-8-24-25(15-23)33(50)45(32(24)49)28-10-11-29(47)43-31(28)48/h6-9,14-16,19-20,28H,1,4-5,10-13,17-18H2,(H,42,51)(H,43,47,48). The maximum Gasteiger partial charge on any atom is 0.416 e. The molecule has 4 fully saturated rings. The number of hydrogen-bond acceptors (Lipinski definition) is 7. The number of benzene rings is 2. The van der Waals surface area contributed by atoms with Crippen LogP contribution in [0.25, 0.3) is 0 Å². The van der Waals surface area contributed by atoms with Crippen molar-refractivity contribution < 1.29 is 37.1 Å². The van der Waals surface area contributed by atoms with Gasteiger partial charge >= 0.3 is 6.18 Å². The summed E-state index contributed by atoms with van der Waals surface area (Å²) < 4.78 is 41.2. The molecule has 2 aliphatic carbocycles. The molecule has 15 heteroatoms. The molecule has 1 aromatic heterocycles. The van der Waals surface area contributed by atoms with E-state index >= 15 is 0 Å². The van der Waals surface area contributed by atoms with Crippen molar-refractivity contribution in [3.8, 4) is 11.8 Å². The first-order valence-electron chi connectivity index (χ1n) is 16.7. The van der Waals surface area contributed by atoms with Crippen LogP contribution in [-0.4, -0.2) is 63.3 Å². The molecule has 3 aromatic rings. The van der Waals surface area contributed by atoms with Crippen LogP contribution >= 0.6 is 11.6 Å². The van der Waals surface area contributed by atoms with Gasteiger partial charge in [-0.05, 0) is 74.9 Å². The Morgan fingerprint density at radius 3 is 2.39 bits per heavy atom. The summed E-state index contributed by atoms with van der Waals surface area (Å²) in [5, 5.41) is 9.38. The fourth-order valence-electron chi connectivity index (χ4n) is 7.24. The Morgan fingerprint density at radius 1 is 1.00 bits per heavy atom. The van der Waals surface area contributed by atoms with Crippen molar-refractivity contribution in [1.29, 1.82) is 0 Å². The van der Waals surface area contributed by atoms with Crippen molar-refractivity contribution in [2.45, 2.75) is 68.6 Å². The van der Waals surface area contributed by atoms with Crippen molar-refractivity contribution in [2.75, 3.05) is 23.3 Å². The second-order valence-electron chi connectivity index (χ2n) is 13.7. The molecule has 1 unspecified atom stereocenters. The van der Waals surface area contributed by atoms with Crippen molar-refractivity contribution in [2.24, 2.45) is 5.92 Å². The summed E-state index contributed by atoms with van der Waals surface area (Å²) >= 11 is 6.14. The van der Waals surface area contributed by atoms with Crippen molar-refractivity contribution >= 4 is 52.5 Å². The molecule has 262 valence electrons. The Labute approximate surface area is 294 Å². The van der Waals surface area contributed by atoms with E-state index in [0.717, 1.165) is 59.3 Å². The van der Waals surface area contributed by atoms with Gasteiger partial charge in [-0.2, -0.15) is 18.3 Å². The number of fused-ring (bicyclic) bond motifs is 1. The lowest BCUT2D eigenvalue weighted by molar-refractivity contribution is -0.138. The first kappa shape index (κ1) is 33.0. The normalized spacial score (nSPS) is 21.4. The summed E-state index contributed by atoms with van der Waals surface area (Å²) in [6.45, 7) is 1.16. The minimum atomic E-state index is -4.56. The Balaban J connectivity index is 0.959. The molecule has 0 radical (unpaired) electrons. The molecule has 5 amide bonds. The monoisotopic (exact) mass is 718 g/mol. The number of amides is 5. The average molecular weight is 719 g/mol. The Kier molecular flexibility index (Phi) is 7.75. The van der Waals surface area contributed by atoms with Crippen molar-refractivity contribution in [3.05, 3.63) is 75.6 Å². The lowest BCUT2D eigenvalue weighted by Crippen LogP contribution is -2.54. The van der Waals surface area contributed by atoms with Gasteiger partial charge in [0.05, 0.1) is 50.8 Å². The number of nitrogens with zero attached hydrogens (tertiary/aromatic N) is 4. The van der Waals surface area contributed by atoms with Crippen LogP contribution in [0.5, 0.6) is 0 Å². The zero-order chi connectivity index (χ0) is 35.8. The molecule has 0 spiro atoms. The highest BCUT2D eigenvalue weighted by Gasteiger charge is 2.50. The van der Waals surface area contributed by atoms with Gasteiger partial charge in [-0.25, -0.2) is 0 Å².